The lowest BCUT2D eigenvalue weighted by Crippen LogP contribution is -2.37. The van der Waals surface area contributed by atoms with Gasteiger partial charge in [-0.25, -0.2) is 9.69 Å². The van der Waals surface area contributed by atoms with Crippen LogP contribution in [0.1, 0.15) is 12.5 Å². The zero-order valence-corrected chi connectivity index (χ0v) is 13.8. The van der Waals surface area contributed by atoms with Gasteiger partial charge in [0.05, 0.1) is 7.11 Å². The van der Waals surface area contributed by atoms with Gasteiger partial charge in [-0.2, -0.15) is 0 Å². The molecule has 2 aromatic carbocycles. The number of imide groups is 1. The number of hydrogen-bond donors (Lipinski definition) is 0. The number of nitrogens with zero attached hydrogens (tertiary/aromatic N) is 1. The Kier molecular flexibility index (Phi) is 5.82. The van der Waals surface area contributed by atoms with Crippen LogP contribution in [0.5, 0.6) is 5.75 Å². The minimum Gasteiger partial charge on any atom is -0.497 e. The molecule has 23 heavy (non-hydrogen) atoms. The molecule has 0 radical (unpaired) electrons. The summed E-state index contributed by atoms with van der Waals surface area (Å²) in [6.45, 7) is 1.54. The van der Waals surface area contributed by atoms with Crippen LogP contribution in [-0.4, -0.2) is 36.6 Å². The van der Waals surface area contributed by atoms with Crippen molar-refractivity contribution in [2.75, 3.05) is 19.7 Å². The van der Waals surface area contributed by atoms with Gasteiger partial charge in [0.15, 0.2) is 6.07 Å². The topological polar surface area (TPSA) is 55.8 Å². The summed E-state index contributed by atoms with van der Waals surface area (Å²) in [4.78, 5) is 24.4. The summed E-state index contributed by atoms with van der Waals surface area (Å²) in [6, 6.07) is 11.4. The SMILES string of the molecule is COc1ccc2cccc(CCN(C(C)=O)C(=O)OCCl)c2c1. The number of carbonyl (C=O) groups excluding carboxylic acids is 2. The predicted molar refractivity (Wildman–Crippen MR) is 88.8 cm³/mol. The van der Waals surface area contributed by atoms with Gasteiger partial charge in [0, 0.05) is 13.5 Å². The molecule has 0 unspecified atom stereocenters. The van der Waals surface area contributed by atoms with E-state index in [0.29, 0.717) is 6.42 Å². The minimum atomic E-state index is -0.731. The minimum absolute atomic E-state index is 0.224. The number of amides is 2. The molecule has 2 amide bonds. The lowest BCUT2D eigenvalue weighted by molar-refractivity contribution is -0.127. The van der Waals surface area contributed by atoms with E-state index in [9.17, 15) is 9.59 Å². The van der Waals surface area contributed by atoms with E-state index < -0.39 is 6.09 Å². The Bertz CT molecular complexity index is 717. The van der Waals surface area contributed by atoms with Crippen LogP contribution in [0.3, 0.4) is 0 Å². The largest absolute Gasteiger partial charge is 0.497 e. The quantitative estimate of drug-likeness (QED) is 0.784. The summed E-state index contributed by atoms with van der Waals surface area (Å²) in [5.41, 5.74) is 1.02. The van der Waals surface area contributed by atoms with E-state index in [0.717, 1.165) is 27.0 Å². The average molecular weight is 336 g/mol. The fourth-order valence-corrected chi connectivity index (χ4v) is 2.49. The molecule has 2 aromatic rings. The third-order valence-electron chi connectivity index (χ3n) is 3.56. The molecule has 0 atom stereocenters. The number of halogens is 1. The number of alkyl halides is 1. The van der Waals surface area contributed by atoms with Crippen LogP contribution in [-0.2, 0) is 16.0 Å². The Morgan fingerprint density at radius 1 is 1.22 bits per heavy atom. The highest BCUT2D eigenvalue weighted by molar-refractivity contribution is 6.17. The molecule has 0 aliphatic carbocycles. The van der Waals surface area contributed by atoms with Crippen LogP contribution in [0.4, 0.5) is 4.79 Å². The first-order valence-corrected chi connectivity index (χ1v) is 7.66. The second-order valence-corrected chi connectivity index (χ2v) is 5.16. The van der Waals surface area contributed by atoms with Gasteiger partial charge in [-0.05, 0) is 34.9 Å². The average Bonchev–Trinajstić information content (AvgIpc) is 2.54. The van der Waals surface area contributed by atoms with Crippen LogP contribution in [0, 0.1) is 0 Å². The lowest BCUT2D eigenvalue weighted by atomic mass is 10.0. The highest BCUT2D eigenvalue weighted by Crippen LogP contribution is 2.24. The van der Waals surface area contributed by atoms with E-state index >= 15 is 0 Å². The molecule has 0 aliphatic rings. The van der Waals surface area contributed by atoms with Crippen LogP contribution in [0.25, 0.3) is 10.8 Å². The van der Waals surface area contributed by atoms with E-state index in [-0.39, 0.29) is 18.5 Å². The summed E-state index contributed by atoms with van der Waals surface area (Å²) < 4.78 is 9.95. The molecule has 0 spiro atoms. The number of fused-ring (bicyclic) bond motifs is 1. The summed E-state index contributed by atoms with van der Waals surface area (Å²) in [5, 5.41) is 2.10. The molecule has 6 heteroatoms. The van der Waals surface area contributed by atoms with Crippen molar-refractivity contribution < 1.29 is 19.1 Å². The molecule has 0 saturated heterocycles. The Balaban J connectivity index is 2.23. The number of methoxy groups -OCH3 is 1. The van der Waals surface area contributed by atoms with Gasteiger partial charge < -0.3 is 9.47 Å². The number of carbonyl (C=O) groups is 2. The van der Waals surface area contributed by atoms with E-state index in [4.69, 9.17) is 16.3 Å². The third-order valence-corrected chi connectivity index (χ3v) is 3.67. The molecular weight excluding hydrogens is 318 g/mol. The Labute approximate surface area is 139 Å². The van der Waals surface area contributed by atoms with Crippen LogP contribution in [0.15, 0.2) is 36.4 Å². The van der Waals surface area contributed by atoms with Crippen molar-refractivity contribution in [2.24, 2.45) is 0 Å². The Hall–Kier alpha value is -2.27. The fourth-order valence-electron chi connectivity index (χ4n) is 2.40. The smallest absolute Gasteiger partial charge is 0.417 e. The maximum atomic E-state index is 11.7. The zero-order valence-electron chi connectivity index (χ0n) is 13.0. The van der Waals surface area contributed by atoms with E-state index in [1.807, 2.05) is 36.4 Å². The van der Waals surface area contributed by atoms with Crippen molar-refractivity contribution in [3.05, 3.63) is 42.0 Å². The highest BCUT2D eigenvalue weighted by atomic mass is 35.5. The normalized spacial score (nSPS) is 10.4. The molecule has 0 saturated carbocycles. The fraction of sp³-hybridized carbons (Fsp3) is 0.294. The maximum absolute atomic E-state index is 11.7. The van der Waals surface area contributed by atoms with Gasteiger partial charge in [-0.3, -0.25) is 4.79 Å². The molecule has 0 heterocycles. The molecule has 0 bridgehead atoms. The lowest BCUT2D eigenvalue weighted by Gasteiger charge is -2.18. The van der Waals surface area contributed by atoms with Gasteiger partial charge in [0.2, 0.25) is 5.91 Å². The van der Waals surface area contributed by atoms with Gasteiger partial charge >= 0.3 is 6.09 Å². The summed E-state index contributed by atoms with van der Waals surface area (Å²) in [7, 11) is 1.61. The zero-order chi connectivity index (χ0) is 16.8. The first-order chi connectivity index (χ1) is 11.1. The third kappa shape index (κ3) is 4.13. The second-order valence-electron chi connectivity index (χ2n) is 4.94. The molecular formula is C17H18ClNO4. The molecule has 0 aromatic heterocycles. The molecule has 0 N–H and O–H groups in total. The summed E-state index contributed by atoms with van der Waals surface area (Å²) in [5.74, 6) is 0.382. The Morgan fingerprint density at radius 2 is 2.00 bits per heavy atom. The van der Waals surface area contributed by atoms with Crippen molar-refractivity contribution in [1.29, 1.82) is 0 Å². The van der Waals surface area contributed by atoms with Crippen molar-refractivity contribution in [3.63, 3.8) is 0 Å². The van der Waals surface area contributed by atoms with E-state index in [2.05, 4.69) is 4.74 Å². The van der Waals surface area contributed by atoms with Gasteiger partial charge in [-0.1, -0.05) is 35.9 Å². The van der Waals surface area contributed by atoms with Crippen molar-refractivity contribution in [1.82, 2.24) is 4.90 Å². The van der Waals surface area contributed by atoms with E-state index in [1.54, 1.807) is 7.11 Å². The standard InChI is InChI=1S/C17H18ClNO4/c1-12(20)19(17(21)23-11-18)9-8-14-5-3-4-13-6-7-15(22-2)10-16(13)14/h3-7,10H,8-9,11H2,1-2H3. The number of rotatable bonds is 5. The van der Waals surface area contributed by atoms with Crippen LogP contribution < -0.4 is 4.74 Å². The van der Waals surface area contributed by atoms with E-state index in [1.165, 1.54) is 6.92 Å². The molecule has 0 aliphatic heterocycles. The summed E-state index contributed by atoms with van der Waals surface area (Å²) in [6.07, 6.45) is -0.216. The summed E-state index contributed by atoms with van der Waals surface area (Å²) >= 11 is 5.38. The molecule has 5 nitrogen and oxygen atoms in total. The number of ether oxygens (including phenoxy) is 2. The van der Waals surface area contributed by atoms with Gasteiger partial charge in [0.1, 0.15) is 5.75 Å². The number of hydrogen-bond acceptors (Lipinski definition) is 4. The van der Waals surface area contributed by atoms with Crippen molar-refractivity contribution >= 4 is 34.4 Å². The first-order valence-electron chi connectivity index (χ1n) is 7.13. The van der Waals surface area contributed by atoms with Crippen LogP contribution in [0.2, 0.25) is 0 Å². The van der Waals surface area contributed by atoms with Crippen molar-refractivity contribution in [2.45, 2.75) is 13.3 Å². The van der Waals surface area contributed by atoms with Crippen molar-refractivity contribution in [3.8, 4) is 5.75 Å². The first kappa shape index (κ1) is 17.1. The molecule has 0 fully saturated rings. The molecule has 122 valence electrons. The maximum Gasteiger partial charge on any atom is 0.417 e. The number of benzene rings is 2. The Morgan fingerprint density at radius 3 is 2.65 bits per heavy atom. The predicted octanol–water partition coefficient (Wildman–Crippen LogP) is 3.57. The highest BCUT2D eigenvalue weighted by Gasteiger charge is 2.19. The van der Waals surface area contributed by atoms with Gasteiger partial charge in [-0.15, -0.1) is 0 Å². The van der Waals surface area contributed by atoms with Gasteiger partial charge in [0.25, 0.3) is 0 Å². The molecule has 2 rings (SSSR count). The monoisotopic (exact) mass is 335 g/mol. The van der Waals surface area contributed by atoms with Crippen LogP contribution >= 0.6 is 11.6 Å². The second kappa shape index (κ2) is 7.83.